The maximum atomic E-state index is 12.9. The van der Waals surface area contributed by atoms with Crippen LogP contribution in [-0.4, -0.2) is 39.8 Å². The highest BCUT2D eigenvalue weighted by Gasteiger charge is 2.22. The molecule has 6 N–H and O–H groups in total. The molecule has 11 heteroatoms. The molecule has 3 rings (SSSR count). The van der Waals surface area contributed by atoms with Gasteiger partial charge in [0, 0.05) is 42.2 Å². The number of benzene rings is 2. The fourth-order valence-corrected chi connectivity index (χ4v) is 3.20. The van der Waals surface area contributed by atoms with Gasteiger partial charge < -0.3 is 31.5 Å². The molecule has 0 atom stereocenters. The molecule has 37 heavy (non-hydrogen) atoms. The summed E-state index contributed by atoms with van der Waals surface area (Å²) in [5.74, 6) is -2.50. The number of ether oxygens (including phenoxy) is 1. The molecule has 2 aromatic carbocycles. The first-order chi connectivity index (χ1) is 17.6. The van der Waals surface area contributed by atoms with Crippen LogP contribution in [0.15, 0.2) is 60.9 Å². The molecule has 0 bridgehead atoms. The highest BCUT2D eigenvalue weighted by Crippen LogP contribution is 2.39. The number of phenols is 1. The zero-order valence-electron chi connectivity index (χ0n) is 20.3. The van der Waals surface area contributed by atoms with Crippen molar-refractivity contribution in [3.63, 3.8) is 0 Å². The molecular formula is C26H27N5O6. The van der Waals surface area contributed by atoms with Crippen LogP contribution in [0.2, 0.25) is 0 Å². The van der Waals surface area contributed by atoms with Crippen LogP contribution in [0.25, 0.3) is 0 Å². The third kappa shape index (κ3) is 7.52. The van der Waals surface area contributed by atoms with Gasteiger partial charge in [-0.1, -0.05) is 0 Å². The molecule has 1 heterocycles. The Balaban J connectivity index is 1.76. The third-order valence-corrected chi connectivity index (χ3v) is 4.95. The Morgan fingerprint density at radius 3 is 2.14 bits per heavy atom. The summed E-state index contributed by atoms with van der Waals surface area (Å²) in [6.07, 6.45) is 2.57. The maximum Gasteiger partial charge on any atom is 0.259 e. The van der Waals surface area contributed by atoms with Crippen LogP contribution in [0.3, 0.4) is 0 Å². The Morgan fingerprint density at radius 2 is 1.51 bits per heavy atom. The molecule has 4 amide bonds. The lowest BCUT2D eigenvalue weighted by molar-refractivity contribution is -0.122. The number of carbonyl (C=O) groups is 4. The van der Waals surface area contributed by atoms with E-state index in [0.29, 0.717) is 11.4 Å². The van der Waals surface area contributed by atoms with Gasteiger partial charge in [0.2, 0.25) is 11.8 Å². The number of rotatable bonds is 10. The Kier molecular flexibility index (Phi) is 8.76. The average molecular weight is 506 g/mol. The van der Waals surface area contributed by atoms with E-state index in [2.05, 4.69) is 20.9 Å². The quantitative estimate of drug-likeness (QED) is 0.281. The number of nitrogens with two attached hydrogens (primary N) is 1. The molecule has 0 saturated heterocycles. The minimum Gasteiger partial charge on any atom is -0.504 e. The van der Waals surface area contributed by atoms with Crippen molar-refractivity contribution >= 4 is 40.7 Å². The number of anilines is 3. The number of aromatic nitrogens is 1. The van der Waals surface area contributed by atoms with Crippen molar-refractivity contribution in [1.82, 2.24) is 4.98 Å². The van der Waals surface area contributed by atoms with Gasteiger partial charge in [-0.3, -0.25) is 24.2 Å². The van der Waals surface area contributed by atoms with Gasteiger partial charge in [0.05, 0.1) is 17.4 Å². The van der Waals surface area contributed by atoms with Crippen molar-refractivity contribution < 1.29 is 29.0 Å². The highest BCUT2D eigenvalue weighted by atomic mass is 16.5. The molecule has 0 aliphatic carbocycles. The summed E-state index contributed by atoms with van der Waals surface area (Å²) in [7, 11) is 0. The number of pyridine rings is 1. The van der Waals surface area contributed by atoms with Crippen LogP contribution in [0.5, 0.6) is 11.5 Å². The van der Waals surface area contributed by atoms with E-state index in [-0.39, 0.29) is 47.4 Å². The number of hydrogen-bond acceptors (Lipinski definition) is 7. The van der Waals surface area contributed by atoms with Crippen molar-refractivity contribution in [3.05, 3.63) is 72.1 Å². The molecule has 0 radical (unpaired) electrons. The van der Waals surface area contributed by atoms with E-state index >= 15 is 0 Å². The second kappa shape index (κ2) is 12.2. The van der Waals surface area contributed by atoms with E-state index in [1.165, 1.54) is 48.8 Å². The Labute approximate surface area is 213 Å². The summed E-state index contributed by atoms with van der Waals surface area (Å²) < 4.78 is 5.72. The van der Waals surface area contributed by atoms with Crippen LogP contribution in [0, 0.1) is 0 Å². The molecule has 0 unspecified atom stereocenters. The van der Waals surface area contributed by atoms with Crippen LogP contribution < -0.4 is 26.4 Å². The topological polar surface area (TPSA) is 173 Å². The maximum absolute atomic E-state index is 12.9. The summed E-state index contributed by atoms with van der Waals surface area (Å²) in [4.78, 5) is 52.1. The number of amides is 4. The second-order valence-electron chi connectivity index (χ2n) is 8.24. The van der Waals surface area contributed by atoms with E-state index < -0.39 is 23.5 Å². The van der Waals surface area contributed by atoms with Gasteiger partial charge in [0.15, 0.2) is 11.5 Å². The van der Waals surface area contributed by atoms with E-state index in [9.17, 15) is 24.3 Å². The smallest absolute Gasteiger partial charge is 0.259 e. The van der Waals surface area contributed by atoms with Crippen molar-refractivity contribution in [2.24, 2.45) is 5.73 Å². The zero-order valence-corrected chi connectivity index (χ0v) is 20.3. The Hall–Kier alpha value is -4.93. The van der Waals surface area contributed by atoms with Crippen molar-refractivity contribution in [3.8, 4) is 11.5 Å². The predicted octanol–water partition coefficient (Wildman–Crippen LogP) is 3.28. The van der Waals surface area contributed by atoms with Crippen LogP contribution in [0.1, 0.15) is 47.4 Å². The zero-order chi connectivity index (χ0) is 26.9. The lowest BCUT2D eigenvalue weighted by atomic mass is 10.1. The van der Waals surface area contributed by atoms with E-state index in [0.717, 1.165) is 0 Å². The second-order valence-corrected chi connectivity index (χ2v) is 8.24. The molecule has 0 spiro atoms. The standard InChI is InChI=1S/C26H27N5O6/c1-15(2)37-24-20(8-7-19(23(24)34)26(36)30-18-11-13-28-14-12-18)31-25(35)16-3-5-17(6-4-16)29-22(33)10-9-21(27)32/h3-8,11-15,34H,9-10H2,1-2H3,(H2,27,32)(H,29,33)(H,31,35)(H,28,30,36). The van der Waals surface area contributed by atoms with Gasteiger partial charge in [-0.15, -0.1) is 0 Å². The Morgan fingerprint density at radius 1 is 0.865 bits per heavy atom. The molecule has 0 aliphatic rings. The molecule has 0 fully saturated rings. The van der Waals surface area contributed by atoms with Crippen molar-refractivity contribution in [1.29, 1.82) is 0 Å². The summed E-state index contributed by atoms with van der Waals surface area (Å²) >= 11 is 0. The molecule has 192 valence electrons. The molecule has 11 nitrogen and oxygen atoms in total. The molecular weight excluding hydrogens is 478 g/mol. The number of primary amides is 1. The van der Waals surface area contributed by atoms with Crippen molar-refractivity contribution in [2.75, 3.05) is 16.0 Å². The molecule has 0 aliphatic heterocycles. The van der Waals surface area contributed by atoms with E-state index in [1.807, 2.05) is 0 Å². The molecule has 1 aromatic heterocycles. The number of phenolic OH excluding ortho intramolecular Hbond substituents is 1. The van der Waals surface area contributed by atoms with Crippen LogP contribution in [0.4, 0.5) is 17.1 Å². The SMILES string of the molecule is CC(C)Oc1c(NC(=O)c2ccc(NC(=O)CCC(N)=O)cc2)ccc(C(=O)Nc2ccncc2)c1O. The first-order valence-electron chi connectivity index (χ1n) is 11.4. The monoisotopic (exact) mass is 505 g/mol. The van der Waals surface area contributed by atoms with Gasteiger partial charge in [0.1, 0.15) is 0 Å². The molecule has 0 saturated carbocycles. The summed E-state index contributed by atoms with van der Waals surface area (Å²) in [5.41, 5.74) is 6.37. The van der Waals surface area contributed by atoms with Gasteiger partial charge in [-0.05, 0) is 62.4 Å². The minimum absolute atomic E-state index is 0.0399. The summed E-state index contributed by atoms with van der Waals surface area (Å²) in [6, 6.07) is 12.1. The van der Waals surface area contributed by atoms with Gasteiger partial charge in [-0.2, -0.15) is 0 Å². The Bertz CT molecular complexity index is 1290. The minimum atomic E-state index is -0.573. The molecule has 3 aromatic rings. The van der Waals surface area contributed by atoms with Gasteiger partial charge >= 0.3 is 0 Å². The lowest BCUT2D eigenvalue weighted by Crippen LogP contribution is -2.18. The summed E-state index contributed by atoms with van der Waals surface area (Å²) in [5, 5.41) is 18.8. The lowest BCUT2D eigenvalue weighted by Gasteiger charge is -2.18. The van der Waals surface area contributed by atoms with Gasteiger partial charge in [-0.25, -0.2) is 0 Å². The first-order valence-corrected chi connectivity index (χ1v) is 11.4. The van der Waals surface area contributed by atoms with Crippen LogP contribution in [-0.2, 0) is 9.59 Å². The predicted molar refractivity (Wildman–Crippen MR) is 138 cm³/mol. The number of aromatic hydroxyl groups is 1. The fourth-order valence-electron chi connectivity index (χ4n) is 3.20. The number of nitrogens with zero attached hydrogens (tertiary/aromatic N) is 1. The largest absolute Gasteiger partial charge is 0.504 e. The number of nitrogens with one attached hydrogen (secondary N) is 3. The average Bonchev–Trinajstić information content (AvgIpc) is 2.85. The third-order valence-electron chi connectivity index (χ3n) is 4.95. The fraction of sp³-hybridized carbons (Fsp3) is 0.192. The van der Waals surface area contributed by atoms with E-state index in [1.54, 1.807) is 26.0 Å². The van der Waals surface area contributed by atoms with Gasteiger partial charge in [0.25, 0.3) is 11.8 Å². The van der Waals surface area contributed by atoms with Crippen molar-refractivity contribution in [2.45, 2.75) is 32.8 Å². The number of carbonyl (C=O) groups excluding carboxylic acids is 4. The highest BCUT2D eigenvalue weighted by molar-refractivity contribution is 6.09. The normalized spacial score (nSPS) is 10.5. The summed E-state index contributed by atoms with van der Waals surface area (Å²) in [6.45, 7) is 3.48. The van der Waals surface area contributed by atoms with E-state index in [4.69, 9.17) is 10.5 Å². The van der Waals surface area contributed by atoms with Crippen LogP contribution >= 0.6 is 0 Å². The first kappa shape index (κ1) is 26.7. The number of hydrogen-bond donors (Lipinski definition) is 5.